The highest BCUT2D eigenvalue weighted by atomic mass is 16.5. The molecule has 1 saturated heterocycles. The topological polar surface area (TPSA) is 59.1 Å². The second-order valence-corrected chi connectivity index (χ2v) is 6.83. The Morgan fingerprint density at radius 1 is 0.964 bits per heavy atom. The van der Waals surface area contributed by atoms with Gasteiger partial charge in [-0.2, -0.15) is 0 Å². The van der Waals surface area contributed by atoms with Crippen LogP contribution in [0.25, 0.3) is 0 Å². The number of ether oxygens (including phenoxy) is 2. The van der Waals surface area contributed by atoms with Gasteiger partial charge >= 0.3 is 5.97 Å². The molecule has 0 atom stereocenters. The van der Waals surface area contributed by atoms with Crippen LogP contribution in [0.2, 0.25) is 0 Å². The van der Waals surface area contributed by atoms with Gasteiger partial charge in [-0.15, -0.1) is 0 Å². The summed E-state index contributed by atoms with van der Waals surface area (Å²) < 4.78 is 10.4. The zero-order valence-electron chi connectivity index (χ0n) is 16.4. The van der Waals surface area contributed by atoms with Gasteiger partial charge in [-0.05, 0) is 42.3 Å². The Hall–Kier alpha value is -3.02. The molecule has 0 spiro atoms. The van der Waals surface area contributed by atoms with Gasteiger partial charge in [0.1, 0.15) is 5.75 Å². The molecule has 0 unspecified atom stereocenters. The maximum atomic E-state index is 12.4. The zero-order chi connectivity index (χ0) is 19.9. The smallest absolute Gasteiger partial charge is 0.310 e. The van der Waals surface area contributed by atoms with Crippen LogP contribution < -0.4 is 9.64 Å². The van der Waals surface area contributed by atoms with E-state index in [2.05, 4.69) is 4.90 Å². The van der Waals surface area contributed by atoms with Gasteiger partial charge in [-0.25, -0.2) is 0 Å². The van der Waals surface area contributed by atoms with Crippen LogP contribution in [-0.4, -0.2) is 56.7 Å². The molecule has 0 aromatic heterocycles. The Labute approximate surface area is 165 Å². The van der Waals surface area contributed by atoms with Crippen LogP contribution in [0.1, 0.15) is 11.1 Å². The number of carbonyl (C=O) groups excluding carboxylic acids is 2. The number of aryl methyl sites for hydroxylation is 1. The number of esters is 1. The number of hydrogen-bond acceptors (Lipinski definition) is 5. The summed E-state index contributed by atoms with van der Waals surface area (Å²) in [7, 11) is 1.65. The Bertz CT molecular complexity index is 812. The maximum Gasteiger partial charge on any atom is 0.310 e. The first-order chi connectivity index (χ1) is 13.6. The second-order valence-electron chi connectivity index (χ2n) is 6.83. The SMILES string of the molecule is COc1ccc(N2CCN(C(=O)COC(=O)Cc3ccccc3C)CC2)cc1. The minimum Gasteiger partial charge on any atom is -0.497 e. The van der Waals surface area contributed by atoms with E-state index in [0.29, 0.717) is 13.1 Å². The molecule has 2 aromatic carbocycles. The predicted octanol–water partition coefficient (Wildman–Crippen LogP) is 2.44. The average Bonchev–Trinajstić information content (AvgIpc) is 2.74. The monoisotopic (exact) mass is 382 g/mol. The molecule has 6 heteroatoms. The number of piperazine rings is 1. The van der Waals surface area contributed by atoms with Crippen molar-refractivity contribution >= 4 is 17.6 Å². The van der Waals surface area contributed by atoms with Crippen molar-refractivity contribution in [1.29, 1.82) is 0 Å². The van der Waals surface area contributed by atoms with Crippen molar-refractivity contribution in [3.63, 3.8) is 0 Å². The van der Waals surface area contributed by atoms with Crippen LogP contribution >= 0.6 is 0 Å². The van der Waals surface area contributed by atoms with Gasteiger partial charge in [0.25, 0.3) is 5.91 Å². The predicted molar refractivity (Wildman–Crippen MR) is 108 cm³/mol. The lowest BCUT2D eigenvalue weighted by Gasteiger charge is -2.36. The molecule has 1 heterocycles. The van der Waals surface area contributed by atoms with Crippen LogP contribution in [0.3, 0.4) is 0 Å². The van der Waals surface area contributed by atoms with Crippen molar-refractivity contribution in [1.82, 2.24) is 4.90 Å². The third-order valence-corrected chi connectivity index (χ3v) is 5.02. The van der Waals surface area contributed by atoms with E-state index >= 15 is 0 Å². The minimum atomic E-state index is -0.375. The minimum absolute atomic E-state index is 0.146. The molecule has 0 saturated carbocycles. The summed E-state index contributed by atoms with van der Waals surface area (Å²) in [5.41, 5.74) is 3.08. The fourth-order valence-electron chi connectivity index (χ4n) is 3.26. The van der Waals surface area contributed by atoms with Crippen LogP contribution in [0.5, 0.6) is 5.75 Å². The lowest BCUT2D eigenvalue weighted by molar-refractivity contribution is -0.151. The molecule has 148 valence electrons. The van der Waals surface area contributed by atoms with Crippen LogP contribution in [0.4, 0.5) is 5.69 Å². The molecule has 1 aliphatic heterocycles. The van der Waals surface area contributed by atoms with Gasteiger partial charge in [0, 0.05) is 31.9 Å². The van der Waals surface area contributed by atoms with Gasteiger partial charge in [-0.3, -0.25) is 9.59 Å². The number of carbonyl (C=O) groups is 2. The largest absolute Gasteiger partial charge is 0.497 e. The fraction of sp³-hybridized carbons (Fsp3) is 0.364. The Kier molecular flexibility index (Phi) is 6.53. The normalized spacial score (nSPS) is 13.9. The summed E-state index contributed by atoms with van der Waals surface area (Å²) in [5.74, 6) is 0.303. The third-order valence-electron chi connectivity index (χ3n) is 5.02. The number of rotatable bonds is 6. The summed E-state index contributed by atoms with van der Waals surface area (Å²) in [6.45, 7) is 4.47. The van der Waals surface area contributed by atoms with Crippen LogP contribution in [0.15, 0.2) is 48.5 Å². The molecule has 1 fully saturated rings. The number of nitrogens with zero attached hydrogens (tertiary/aromatic N) is 2. The van der Waals surface area contributed by atoms with Gasteiger partial charge in [-0.1, -0.05) is 24.3 Å². The van der Waals surface area contributed by atoms with E-state index in [0.717, 1.165) is 35.7 Å². The number of amides is 1. The third kappa shape index (κ3) is 5.03. The van der Waals surface area contributed by atoms with Gasteiger partial charge in [0.05, 0.1) is 13.5 Å². The molecule has 0 aliphatic carbocycles. The number of anilines is 1. The summed E-state index contributed by atoms with van der Waals surface area (Å²) in [4.78, 5) is 28.4. The quantitative estimate of drug-likeness (QED) is 0.719. The summed E-state index contributed by atoms with van der Waals surface area (Å²) in [6.07, 6.45) is 0.186. The van der Waals surface area contributed by atoms with Crippen molar-refractivity contribution in [2.75, 3.05) is 44.8 Å². The van der Waals surface area contributed by atoms with E-state index in [1.165, 1.54) is 0 Å². The lowest BCUT2D eigenvalue weighted by Crippen LogP contribution is -2.49. The number of methoxy groups -OCH3 is 1. The van der Waals surface area contributed by atoms with Crippen molar-refractivity contribution in [2.24, 2.45) is 0 Å². The van der Waals surface area contributed by atoms with Crippen molar-refractivity contribution in [2.45, 2.75) is 13.3 Å². The van der Waals surface area contributed by atoms with E-state index in [1.807, 2.05) is 55.5 Å². The molecule has 1 aliphatic rings. The molecule has 0 radical (unpaired) electrons. The summed E-state index contributed by atoms with van der Waals surface area (Å²) in [5, 5.41) is 0. The molecular weight excluding hydrogens is 356 g/mol. The first kappa shape index (κ1) is 19.7. The Balaban J connectivity index is 1.43. The Morgan fingerprint density at radius 3 is 2.29 bits per heavy atom. The average molecular weight is 382 g/mol. The standard InChI is InChI=1S/C22H26N2O4/c1-17-5-3-4-6-18(17)15-22(26)28-16-21(25)24-13-11-23(12-14-24)19-7-9-20(27-2)10-8-19/h3-10H,11-16H2,1-2H3. The highest BCUT2D eigenvalue weighted by Crippen LogP contribution is 2.20. The van der Waals surface area contributed by atoms with Crippen molar-refractivity contribution < 1.29 is 19.1 Å². The van der Waals surface area contributed by atoms with Crippen LogP contribution in [0, 0.1) is 6.92 Å². The van der Waals surface area contributed by atoms with E-state index in [4.69, 9.17) is 9.47 Å². The van der Waals surface area contributed by atoms with Gasteiger partial charge < -0.3 is 19.3 Å². The molecule has 3 rings (SSSR count). The summed E-state index contributed by atoms with van der Waals surface area (Å²) in [6, 6.07) is 15.6. The lowest BCUT2D eigenvalue weighted by atomic mass is 10.1. The molecule has 1 amide bonds. The van der Waals surface area contributed by atoms with E-state index in [9.17, 15) is 9.59 Å². The van der Waals surface area contributed by atoms with E-state index < -0.39 is 0 Å². The molecule has 2 aromatic rings. The number of hydrogen-bond donors (Lipinski definition) is 0. The van der Waals surface area contributed by atoms with Crippen molar-refractivity contribution in [3.05, 3.63) is 59.7 Å². The van der Waals surface area contributed by atoms with Gasteiger partial charge in [0.15, 0.2) is 6.61 Å². The number of benzene rings is 2. The Morgan fingerprint density at radius 2 is 1.64 bits per heavy atom. The van der Waals surface area contributed by atoms with E-state index in [-0.39, 0.29) is 24.9 Å². The molecule has 0 bridgehead atoms. The van der Waals surface area contributed by atoms with E-state index in [1.54, 1.807) is 12.0 Å². The molecule has 28 heavy (non-hydrogen) atoms. The fourth-order valence-corrected chi connectivity index (χ4v) is 3.26. The maximum absolute atomic E-state index is 12.4. The molecule has 6 nitrogen and oxygen atoms in total. The first-order valence-electron chi connectivity index (χ1n) is 9.43. The first-order valence-corrected chi connectivity index (χ1v) is 9.43. The van der Waals surface area contributed by atoms with Crippen LogP contribution in [-0.2, 0) is 20.7 Å². The highest BCUT2D eigenvalue weighted by Gasteiger charge is 2.22. The highest BCUT2D eigenvalue weighted by molar-refractivity contribution is 5.81. The zero-order valence-corrected chi connectivity index (χ0v) is 16.4. The van der Waals surface area contributed by atoms with Crippen molar-refractivity contribution in [3.8, 4) is 5.75 Å². The molecule has 0 N–H and O–H groups in total. The molecular formula is C22H26N2O4. The summed E-state index contributed by atoms with van der Waals surface area (Å²) >= 11 is 0. The second kappa shape index (κ2) is 9.26. The van der Waals surface area contributed by atoms with Gasteiger partial charge in [0.2, 0.25) is 0 Å².